The van der Waals surface area contributed by atoms with E-state index in [2.05, 4.69) is 4.98 Å². The highest BCUT2D eigenvalue weighted by Crippen LogP contribution is 2.28. The summed E-state index contributed by atoms with van der Waals surface area (Å²) in [6.45, 7) is 0. The molecule has 0 radical (unpaired) electrons. The highest BCUT2D eigenvalue weighted by Gasteiger charge is 2.20. The van der Waals surface area contributed by atoms with Gasteiger partial charge in [0.25, 0.3) is 0 Å². The van der Waals surface area contributed by atoms with Crippen LogP contribution in [-0.2, 0) is 9.84 Å². The molecule has 0 aliphatic heterocycles. The molecule has 1 heterocycles. The van der Waals surface area contributed by atoms with Crippen LogP contribution in [0.5, 0.6) is 5.75 Å². The number of phenolic OH excluding ortho intramolecular Hbond substituents is 1. The monoisotopic (exact) mass is 291 g/mol. The molecular formula is C14H10FNO3S. The summed E-state index contributed by atoms with van der Waals surface area (Å²) in [5.41, 5.74) is 0.315. The molecule has 3 aromatic rings. The minimum Gasteiger partial charge on any atom is -0.505 e. The summed E-state index contributed by atoms with van der Waals surface area (Å²) in [5.74, 6) is -1.32. The van der Waals surface area contributed by atoms with Gasteiger partial charge in [0.05, 0.1) is 4.90 Å². The van der Waals surface area contributed by atoms with Gasteiger partial charge in [-0.1, -0.05) is 18.2 Å². The average molecular weight is 291 g/mol. The highest BCUT2D eigenvalue weighted by atomic mass is 32.2. The first kappa shape index (κ1) is 12.7. The maximum Gasteiger partial charge on any atom is 0.221 e. The number of H-pyrrole nitrogens is 1. The molecule has 1 aromatic heterocycles. The summed E-state index contributed by atoms with van der Waals surface area (Å²) in [4.78, 5) is 2.81. The van der Waals surface area contributed by atoms with Crippen LogP contribution in [0.3, 0.4) is 0 Å². The van der Waals surface area contributed by atoms with Gasteiger partial charge in [-0.3, -0.25) is 0 Å². The Bertz CT molecular complexity index is 846. The topological polar surface area (TPSA) is 70.2 Å². The minimum atomic E-state index is -3.69. The van der Waals surface area contributed by atoms with Crippen molar-refractivity contribution in [3.63, 3.8) is 0 Å². The van der Waals surface area contributed by atoms with Gasteiger partial charge in [-0.15, -0.1) is 0 Å². The van der Waals surface area contributed by atoms with Crippen LogP contribution in [0.2, 0.25) is 0 Å². The Hall–Kier alpha value is -2.34. The van der Waals surface area contributed by atoms with E-state index in [1.807, 2.05) is 0 Å². The molecule has 102 valence electrons. The van der Waals surface area contributed by atoms with Gasteiger partial charge in [0, 0.05) is 17.0 Å². The lowest BCUT2D eigenvalue weighted by molar-refractivity contribution is 0.433. The molecule has 0 atom stereocenters. The van der Waals surface area contributed by atoms with Crippen LogP contribution < -0.4 is 0 Å². The molecule has 0 aliphatic carbocycles. The third-order valence-electron chi connectivity index (χ3n) is 3.01. The summed E-state index contributed by atoms with van der Waals surface area (Å²) in [5, 5.41) is 9.70. The number of nitrogens with one attached hydrogen (secondary N) is 1. The second-order valence-electron chi connectivity index (χ2n) is 4.34. The number of halogens is 1. The fourth-order valence-corrected chi connectivity index (χ4v) is 3.28. The predicted octanol–water partition coefficient (Wildman–Crippen LogP) is 2.85. The van der Waals surface area contributed by atoms with Gasteiger partial charge < -0.3 is 10.1 Å². The number of aromatic hydroxyl groups is 1. The maximum absolute atomic E-state index is 13.3. The SMILES string of the molecule is O=S(=O)(c1ccccc1)c1cc2cc(O)c(F)cc2[nH]1. The summed E-state index contributed by atoms with van der Waals surface area (Å²) in [6, 6.07) is 11.6. The molecule has 0 aliphatic rings. The third-order valence-corrected chi connectivity index (χ3v) is 4.70. The lowest BCUT2D eigenvalue weighted by Crippen LogP contribution is -2.01. The molecule has 0 spiro atoms. The van der Waals surface area contributed by atoms with E-state index in [9.17, 15) is 17.9 Å². The van der Waals surface area contributed by atoms with Crippen molar-refractivity contribution < 1.29 is 17.9 Å². The van der Waals surface area contributed by atoms with E-state index >= 15 is 0 Å². The zero-order valence-electron chi connectivity index (χ0n) is 10.2. The molecule has 0 saturated carbocycles. The number of hydrogen-bond donors (Lipinski definition) is 2. The summed E-state index contributed by atoms with van der Waals surface area (Å²) in [7, 11) is -3.69. The van der Waals surface area contributed by atoms with Crippen LogP contribution >= 0.6 is 0 Å². The molecule has 3 rings (SSSR count). The Balaban J connectivity index is 2.20. The van der Waals surface area contributed by atoms with Crippen molar-refractivity contribution in [2.24, 2.45) is 0 Å². The van der Waals surface area contributed by atoms with Gasteiger partial charge >= 0.3 is 0 Å². The van der Waals surface area contributed by atoms with Crippen molar-refractivity contribution in [3.8, 4) is 5.75 Å². The Kier molecular flexibility index (Phi) is 2.76. The van der Waals surface area contributed by atoms with Crippen molar-refractivity contribution in [3.05, 3.63) is 54.3 Å². The fourth-order valence-electron chi connectivity index (χ4n) is 1.99. The summed E-state index contributed by atoms with van der Waals surface area (Å²) >= 11 is 0. The smallest absolute Gasteiger partial charge is 0.221 e. The van der Waals surface area contributed by atoms with Gasteiger partial charge in [0.15, 0.2) is 11.6 Å². The summed E-state index contributed by atoms with van der Waals surface area (Å²) < 4.78 is 38.0. The predicted molar refractivity (Wildman–Crippen MR) is 71.8 cm³/mol. The highest BCUT2D eigenvalue weighted by molar-refractivity contribution is 7.91. The molecular weight excluding hydrogens is 281 g/mol. The molecule has 0 fully saturated rings. The number of aromatic amines is 1. The van der Waals surface area contributed by atoms with Gasteiger partial charge in [0.1, 0.15) is 5.03 Å². The molecule has 20 heavy (non-hydrogen) atoms. The normalized spacial score (nSPS) is 11.8. The number of benzene rings is 2. The van der Waals surface area contributed by atoms with E-state index in [4.69, 9.17) is 0 Å². The molecule has 0 amide bonds. The van der Waals surface area contributed by atoms with Crippen LogP contribution in [0.15, 0.2) is 58.5 Å². The van der Waals surface area contributed by atoms with E-state index in [0.29, 0.717) is 10.9 Å². The quantitative estimate of drug-likeness (QED) is 0.762. The number of rotatable bonds is 2. The zero-order chi connectivity index (χ0) is 14.3. The van der Waals surface area contributed by atoms with Crippen LogP contribution in [0.4, 0.5) is 4.39 Å². The standard InChI is InChI=1S/C14H10FNO3S/c15-11-8-12-9(6-13(11)17)7-14(16-12)20(18,19)10-4-2-1-3-5-10/h1-8,16-17H. The van der Waals surface area contributed by atoms with Crippen LogP contribution in [0, 0.1) is 5.82 Å². The van der Waals surface area contributed by atoms with E-state index in [-0.39, 0.29) is 9.92 Å². The van der Waals surface area contributed by atoms with Gasteiger partial charge in [-0.2, -0.15) is 0 Å². The number of hydrogen-bond acceptors (Lipinski definition) is 3. The molecule has 0 unspecified atom stereocenters. The first-order valence-corrected chi connectivity index (χ1v) is 7.28. The number of phenols is 1. The molecule has 0 bridgehead atoms. The van der Waals surface area contributed by atoms with Crippen LogP contribution in [-0.4, -0.2) is 18.5 Å². The first-order valence-electron chi connectivity index (χ1n) is 5.80. The molecule has 0 saturated heterocycles. The van der Waals surface area contributed by atoms with E-state index < -0.39 is 21.4 Å². The second kappa shape index (κ2) is 4.35. The Morgan fingerprint density at radius 2 is 1.75 bits per heavy atom. The van der Waals surface area contributed by atoms with Gasteiger partial charge in [-0.25, -0.2) is 12.8 Å². The maximum atomic E-state index is 13.3. The molecule has 6 heteroatoms. The molecule has 4 nitrogen and oxygen atoms in total. The van der Waals surface area contributed by atoms with Gasteiger partial charge in [0.2, 0.25) is 9.84 Å². The number of aromatic nitrogens is 1. The Morgan fingerprint density at radius 3 is 2.45 bits per heavy atom. The Labute approximate surface area is 114 Å². The fraction of sp³-hybridized carbons (Fsp3) is 0. The zero-order valence-corrected chi connectivity index (χ0v) is 11.0. The van der Waals surface area contributed by atoms with Crippen molar-refractivity contribution in [2.75, 3.05) is 0 Å². The van der Waals surface area contributed by atoms with Crippen LogP contribution in [0.1, 0.15) is 0 Å². The van der Waals surface area contributed by atoms with Crippen molar-refractivity contribution in [1.29, 1.82) is 0 Å². The summed E-state index contributed by atoms with van der Waals surface area (Å²) in [6.07, 6.45) is 0. The minimum absolute atomic E-state index is 0.0382. The average Bonchev–Trinajstić information content (AvgIpc) is 2.84. The molecule has 2 N–H and O–H groups in total. The molecule has 2 aromatic carbocycles. The number of sulfone groups is 1. The lowest BCUT2D eigenvalue weighted by Gasteiger charge is -2.00. The van der Waals surface area contributed by atoms with Crippen molar-refractivity contribution in [1.82, 2.24) is 4.98 Å². The number of fused-ring (bicyclic) bond motifs is 1. The third kappa shape index (κ3) is 1.94. The van der Waals surface area contributed by atoms with E-state index in [1.165, 1.54) is 24.3 Å². The Morgan fingerprint density at radius 1 is 1.05 bits per heavy atom. The largest absolute Gasteiger partial charge is 0.505 e. The van der Waals surface area contributed by atoms with Gasteiger partial charge in [-0.05, 0) is 24.3 Å². The lowest BCUT2D eigenvalue weighted by atomic mass is 10.2. The van der Waals surface area contributed by atoms with E-state index in [0.717, 1.165) is 6.07 Å². The van der Waals surface area contributed by atoms with E-state index in [1.54, 1.807) is 18.2 Å². The van der Waals surface area contributed by atoms with Crippen molar-refractivity contribution in [2.45, 2.75) is 9.92 Å². The second-order valence-corrected chi connectivity index (χ2v) is 6.26. The first-order chi connectivity index (χ1) is 9.48. The van der Waals surface area contributed by atoms with Crippen molar-refractivity contribution >= 4 is 20.7 Å². The van der Waals surface area contributed by atoms with Crippen LogP contribution in [0.25, 0.3) is 10.9 Å².